The van der Waals surface area contributed by atoms with Crippen LogP contribution in [0.4, 0.5) is 0 Å². The Morgan fingerprint density at radius 2 is 1.89 bits per heavy atom. The van der Waals surface area contributed by atoms with E-state index in [-0.39, 0.29) is 17.2 Å². The minimum atomic E-state index is -0.409. The number of nitrogens with one attached hydrogen (secondary N) is 2. The molecule has 0 atom stereocenters. The number of carbonyl (C=O) groups excluding carboxylic acids is 3. The molecule has 0 bridgehead atoms. The van der Waals surface area contributed by atoms with Crippen molar-refractivity contribution in [1.82, 2.24) is 20.4 Å². The fraction of sp³-hybridized carbons (Fsp3) is 0.538. The van der Waals surface area contributed by atoms with E-state index in [1.807, 2.05) is 11.6 Å². The SMILES string of the molecule is CCc1nn(CCCCOC(=O)c2ccc(C(=O)NC)cc2)c2c1C(=O)NCC1(CCOCC1)C2. The second-order valence-electron chi connectivity index (χ2n) is 9.32. The van der Waals surface area contributed by atoms with Gasteiger partial charge in [0.2, 0.25) is 0 Å². The summed E-state index contributed by atoms with van der Waals surface area (Å²) in [7, 11) is 1.56. The van der Waals surface area contributed by atoms with Crippen LogP contribution in [-0.2, 0) is 28.9 Å². The third kappa shape index (κ3) is 5.56. The molecule has 3 heterocycles. The number of ether oxygens (including phenoxy) is 2. The fourth-order valence-corrected chi connectivity index (χ4v) is 4.87. The number of aryl methyl sites for hydroxylation is 2. The first-order valence-electron chi connectivity index (χ1n) is 12.4. The number of fused-ring (bicyclic) bond motifs is 1. The summed E-state index contributed by atoms with van der Waals surface area (Å²) >= 11 is 0. The third-order valence-electron chi connectivity index (χ3n) is 7.02. The average Bonchev–Trinajstić information content (AvgIpc) is 3.17. The van der Waals surface area contributed by atoms with Crippen molar-refractivity contribution in [1.29, 1.82) is 0 Å². The maximum Gasteiger partial charge on any atom is 0.338 e. The number of hydrogen-bond acceptors (Lipinski definition) is 6. The van der Waals surface area contributed by atoms with Gasteiger partial charge in [0.25, 0.3) is 11.8 Å². The topological polar surface area (TPSA) is 112 Å². The van der Waals surface area contributed by atoms with Crippen molar-refractivity contribution in [3.63, 3.8) is 0 Å². The number of aromatic nitrogens is 2. The van der Waals surface area contributed by atoms with Gasteiger partial charge in [0.05, 0.1) is 29.1 Å². The summed E-state index contributed by atoms with van der Waals surface area (Å²) in [5.74, 6) is -0.636. The van der Waals surface area contributed by atoms with E-state index in [4.69, 9.17) is 14.6 Å². The van der Waals surface area contributed by atoms with E-state index in [0.717, 1.165) is 55.8 Å². The van der Waals surface area contributed by atoms with Crippen LogP contribution in [0.5, 0.6) is 0 Å². The maximum atomic E-state index is 12.9. The molecule has 1 spiro atoms. The molecular weight excluding hydrogens is 448 g/mol. The van der Waals surface area contributed by atoms with Gasteiger partial charge in [0, 0.05) is 38.9 Å². The summed E-state index contributed by atoms with van der Waals surface area (Å²) < 4.78 is 13.0. The Morgan fingerprint density at radius 3 is 2.57 bits per heavy atom. The molecule has 2 aromatic rings. The molecule has 1 fully saturated rings. The highest BCUT2D eigenvalue weighted by molar-refractivity contribution is 5.97. The van der Waals surface area contributed by atoms with Crippen molar-refractivity contribution >= 4 is 17.8 Å². The zero-order valence-corrected chi connectivity index (χ0v) is 20.5. The lowest BCUT2D eigenvalue weighted by Gasteiger charge is -2.36. The summed E-state index contributed by atoms with van der Waals surface area (Å²) in [6.45, 7) is 5.10. The molecule has 4 rings (SSSR count). The van der Waals surface area contributed by atoms with Crippen LogP contribution in [0.2, 0.25) is 0 Å². The number of carbonyl (C=O) groups is 3. The predicted molar refractivity (Wildman–Crippen MR) is 129 cm³/mol. The first-order valence-corrected chi connectivity index (χ1v) is 12.4. The van der Waals surface area contributed by atoms with Crippen LogP contribution in [0.1, 0.15) is 75.1 Å². The molecule has 9 nitrogen and oxygen atoms in total. The highest BCUT2D eigenvalue weighted by Gasteiger charge is 2.39. The Labute approximate surface area is 205 Å². The molecule has 2 aliphatic rings. The number of hydrogen-bond donors (Lipinski definition) is 2. The van der Waals surface area contributed by atoms with E-state index in [1.165, 1.54) is 0 Å². The van der Waals surface area contributed by atoms with Gasteiger partial charge in [0.15, 0.2) is 0 Å². The summed E-state index contributed by atoms with van der Waals surface area (Å²) in [5, 5.41) is 10.5. The molecule has 188 valence electrons. The van der Waals surface area contributed by atoms with Gasteiger partial charge >= 0.3 is 5.97 Å². The summed E-state index contributed by atoms with van der Waals surface area (Å²) in [6.07, 6.45) is 4.84. The first-order chi connectivity index (χ1) is 17.0. The predicted octanol–water partition coefficient (Wildman–Crippen LogP) is 2.53. The Morgan fingerprint density at radius 1 is 1.17 bits per heavy atom. The van der Waals surface area contributed by atoms with Gasteiger partial charge < -0.3 is 20.1 Å². The zero-order valence-electron chi connectivity index (χ0n) is 20.5. The molecule has 0 saturated carbocycles. The van der Waals surface area contributed by atoms with Crippen molar-refractivity contribution in [2.45, 2.75) is 52.0 Å². The average molecular weight is 483 g/mol. The van der Waals surface area contributed by atoms with Crippen molar-refractivity contribution in [2.75, 3.05) is 33.4 Å². The third-order valence-corrected chi connectivity index (χ3v) is 7.02. The molecule has 1 aromatic carbocycles. The maximum absolute atomic E-state index is 12.9. The number of unbranched alkanes of at least 4 members (excludes halogenated alkanes) is 1. The van der Waals surface area contributed by atoms with Crippen LogP contribution >= 0.6 is 0 Å². The van der Waals surface area contributed by atoms with E-state index in [0.29, 0.717) is 43.7 Å². The van der Waals surface area contributed by atoms with Crippen molar-refractivity contribution in [3.05, 3.63) is 52.3 Å². The monoisotopic (exact) mass is 482 g/mol. The molecule has 35 heavy (non-hydrogen) atoms. The van der Waals surface area contributed by atoms with Gasteiger partial charge in [-0.05, 0) is 68.2 Å². The molecule has 0 aliphatic carbocycles. The quantitative estimate of drug-likeness (QED) is 0.442. The summed E-state index contributed by atoms with van der Waals surface area (Å²) in [5.41, 5.74) is 3.52. The normalized spacial score (nSPS) is 16.8. The fourth-order valence-electron chi connectivity index (χ4n) is 4.87. The number of benzene rings is 1. The second kappa shape index (κ2) is 11.0. The number of rotatable bonds is 8. The van der Waals surface area contributed by atoms with E-state index in [1.54, 1.807) is 31.3 Å². The number of amides is 2. The summed E-state index contributed by atoms with van der Waals surface area (Å²) in [4.78, 5) is 36.9. The van der Waals surface area contributed by atoms with Crippen LogP contribution in [0.15, 0.2) is 24.3 Å². The Balaban J connectivity index is 1.34. The van der Waals surface area contributed by atoms with Gasteiger partial charge in [-0.2, -0.15) is 5.10 Å². The largest absolute Gasteiger partial charge is 0.462 e. The number of esters is 1. The van der Waals surface area contributed by atoms with Crippen molar-refractivity contribution in [3.8, 4) is 0 Å². The molecular formula is C26H34N4O5. The van der Waals surface area contributed by atoms with E-state index < -0.39 is 5.97 Å². The van der Waals surface area contributed by atoms with Gasteiger partial charge in [0.1, 0.15) is 0 Å². The van der Waals surface area contributed by atoms with Crippen LogP contribution in [0.25, 0.3) is 0 Å². The minimum Gasteiger partial charge on any atom is -0.462 e. The molecule has 0 radical (unpaired) electrons. The van der Waals surface area contributed by atoms with Gasteiger partial charge in [-0.3, -0.25) is 14.3 Å². The first kappa shape index (κ1) is 24.9. The second-order valence-corrected chi connectivity index (χ2v) is 9.32. The van der Waals surface area contributed by atoms with Gasteiger partial charge in [-0.1, -0.05) is 6.92 Å². The van der Waals surface area contributed by atoms with Crippen LogP contribution < -0.4 is 10.6 Å². The molecule has 2 amide bonds. The Kier molecular flexibility index (Phi) is 7.85. The van der Waals surface area contributed by atoms with E-state index in [2.05, 4.69) is 10.6 Å². The molecule has 9 heteroatoms. The highest BCUT2D eigenvalue weighted by Crippen LogP contribution is 2.37. The van der Waals surface area contributed by atoms with E-state index >= 15 is 0 Å². The van der Waals surface area contributed by atoms with Crippen molar-refractivity contribution in [2.24, 2.45) is 5.41 Å². The molecule has 1 saturated heterocycles. The Hall–Kier alpha value is -3.20. The smallest absolute Gasteiger partial charge is 0.338 e. The van der Waals surface area contributed by atoms with Crippen molar-refractivity contribution < 1.29 is 23.9 Å². The molecule has 2 aliphatic heterocycles. The minimum absolute atomic E-state index is 0.0187. The lowest BCUT2D eigenvalue weighted by Crippen LogP contribution is -2.40. The van der Waals surface area contributed by atoms with Crippen LogP contribution in [0, 0.1) is 5.41 Å². The van der Waals surface area contributed by atoms with Gasteiger partial charge in [-0.15, -0.1) is 0 Å². The highest BCUT2D eigenvalue weighted by atomic mass is 16.5. The van der Waals surface area contributed by atoms with E-state index in [9.17, 15) is 14.4 Å². The summed E-state index contributed by atoms with van der Waals surface area (Å²) in [6, 6.07) is 6.39. The standard InChI is InChI=1S/C26H34N4O5/c1-3-20-22-21(16-26(17-28-24(22)32)10-14-34-15-11-26)30(29-20)12-4-5-13-35-25(33)19-8-6-18(7-9-19)23(31)27-2/h6-9H,3-5,10-17H2,1-2H3,(H,27,31)(H,28,32). The zero-order chi connectivity index (χ0) is 24.8. The van der Waals surface area contributed by atoms with Crippen LogP contribution in [0.3, 0.4) is 0 Å². The molecule has 1 aromatic heterocycles. The molecule has 2 N–H and O–H groups in total. The number of nitrogens with zero attached hydrogens (tertiary/aromatic N) is 2. The lowest BCUT2D eigenvalue weighted by molar-refractivity contribution is 0.0152. The Bertz CT molecular complexity index is 1070. The lowest BCUT2D eigenvalue weighted by atomic mass is 9.76. The van der Waals surface area contributed by atoms with Gasteiger partial charge in [-0.25, -0.2) is 4.79 Å². The van der Waals surface area contributed by atoms with Crippen LogP contribution in [-0.4, -0.2) is 61.0 Å². The molecule has 0 unspecified atom stereocenters.